The van der Waals surface area contributed by atoms with Crippen LogP contribution in [0.5, 0.6) is 0 Å². The van der Waals surface area contributed by atoms with Crippen LogP contribution in [0.25, 0.3) is 0 Å². The fourth-order valence-electron chi connectivity index (χ4n) is 2.83. The van der Waals surface area contributed by atoms with Crippen molar-refractivity contribution in [2.75, 3.05) is 13.1 Å². The molecule has 1 heterocycles. The molecule has 4 nitrogen and oxygen atoms in total. The number of benzene rings is 1. The molecule has 22 heavy (non-hydrogen) atoms. The van der Waals surface area contributed by atoms with Crippen LogP contribution in [0.1, 0.15) is 38.2 Å². The highest BCUT2D eigenvalue weighted by Crippen LogP contribution is 2.14. The molecular formula is C17H28ClN3O. The highest BCUT2D eigenvalue weighted by atomic mass is 35.5. The van der Waals surface area contributed by atoms with Crippen LogP contribution in [-0.4, -0.2) is 36.0 Å². The molecule has 1 aliphatic heterocycles. The normalized spacial score (nSPS) is 17.5. The summed E-state index contributed by atoms with van der Waals surface area (Å²) in [4.78, 5) is 14.4. The molecule has 1 aromatic rings. The van der Waals surface area contributed by atoms with Gasteiger partial charge in [-0.25, -0.2) is 0 Å². The fourth-order valence-corrected chi connectivity index (χ4v) is 2.83. The van der Waals surface area contributed by atoms with Crippen LogP contribution in [0, 0.1) is 0 Å². The minimum atomic E-state index is -0.350. The maximum Gasteiger partial charge on any atom is 0.237 e. The number of halogens is 1. The van der Waals surface area contributed by atoms with E-state index in [4.69, 9.17) is 5.73 Å². The monoisotopic (exact) mass is 325 g/mol. The Labute approximate surface area is 139 Å². The van der Waals surface area contributed by atoms with Gasteiger partial charge in [0.2, 0.25) is 5.91 Å². The topological polar surface area (TPSA) is 58.4 Å². The maximum absolute atomic E-state index is 11.9. The molecule has 0 spiro atoms. The molecule has 1 saturated heterocycles. The van der Waals surface area contributed by atoms with E-state index in [1.807, 2.05) is 6.07 Å². The minimum absolute atomic E-state index is 0. The second kappa shape index (κ2) is 9.82. The van der Waals surface area contributed by atoms with Gasteiger partial charge in [0.15, 0.2) is 0 Å². The average molecular weight is 326 g/mol. The van der Waals surface area contributed by atoms with Crippen molar-refractivity contribution in [2.24, 2.45) is 5.73 Å². The Morgan fingerprint density at radius 3 is 2.55 bits per heavy atom. The number of nitrogens with zero attached hydrogens (tertiary/aromatic N) is 1. The lowest BCUT2D eigenvalue weighted by Gasteiger charge is -2.32. The molecule has 1 fully saturated rings. The number of hydrogen-bond acceptors (Lipinski definition) is 3. The van der Waals surface area contributed by atoms with Crippen molar-refractivity contribution in [1.82, 2.24) is 10.2 Å². The summed E-state index contributed by atoms with van der Waals surface area (Å²) in [7, 11) is 0. The third kappa shape index (κ3) is 5.95. The Morgan fingerprint density at radius 1 is 1.32 bits per heavy atom. The summed E-state index contributed by atoms with van der Waals surface area (Å²) < 4.78 is 0. The number of nitrogens with two attached hydrogens (primary N) is 1. The molecule has 5 heteroatoms. The number of rotatable bonds is 6. The largest absolute Gasteiger partial charge is 0.352 e. The molecule has 0 aromatic heterocycles. The van der Waals surface area contributed by atoms with Crippen molar-refractivity contribution in [3.8, 4) is 0 Å². The molecule has 1 amide bonds. The number of amides is 1. The number of carbonyl (C=O) groups excluding carboxylic acids is 1. The van der Waals surface area contributed by atoms with Gasteiger partial charge in [-0.3, -0.25) is 9.69 Å². The van der Waals surface area contributed by atoms with Gasteiger partial charge in [0, 0.05) is 25.7 Å². The van der Waals surface area contributed by atoms with Crippen LogP contribution < -0.4 is 11.1 Å². The molecule has 2 rings (SSSR count). The first-order valence-electron chi connectivity index (χ1n) is 8.01. The van der Waals surface area contributed by atoms with Gasteiger partial charge in [0.05, 0.1) is 6.04 Å². The first-order valence-corrected chi connectivity index (χ1v) is 8.01. The lowest BCUT2D eigenvalue weighted by atomic mass is 10.0. The third-order valence-corrected chi connectivity index (χ3v) is 4.12. The van der Waals surface area contributed by atoms with Crippen molar-refractivity contribution in [3.63, 3.8) is 0 Å². The summed E-state index contributed by atoms with van der Waals surface area (Å²) in [5.41, 5.74) is 7.20. The van der Waals surface area contributed by atoms with Crippen LogP contribution in [-0.2, 0) is 11.3 Å². The molecule has 3 N–H and O–H groups in total. The Hall–Kier alpha value is -1.10. The number of nitrogens with one attached hydrogen (secondary N) is 1. The van der Waals surface area contributed by atoms with Crippen LogP contribution in [0.3, 0.4) is 0 Å². The smallest absolute Gasteiger partial charge is 0.237 e. The van der Waals surface area contributed by atoms with E-state index in [0.29, 0.717) is 0 Å². The van der Waals surface area contributed by atoms with Crippen LogP contribution in [0.15, 0.2) is 30.3 Å². The van der Waals surface area contributed by atoms with E-state index in [0.717, 1.165) is 45.3 Å². The van der Waals surface area contributed by atoms with Gasteiger partial charge < -0.3 is 11.1 Å². The molecule has 1 aliphatic rings. The predicted molar refractivity (Wildman–Crippen MR) is 93.0 cm³/mol. The molecular weight excluding hydrogens is 298 g/mol. The highest BCUT2D eigenvalue weighted by Gasteiger charge is 2.22. The Morgan fingerprint density at radius 2 is 1.95 bits per heavy atom. The molecule has 0 bridgehead atoms. The van der Waals surface area contributed by atoms with Crippen molar-refractivity contribution < 1.29 is 4.79 Å². The lowest BCUT2D eigenvalue weighted by molar-refractivity contribution is -0.123. The predicted octanol–water partition coefficient (Wildman–Crippen LogP) is 2.32. The zero-order valence-electron chi connectivity index (χ0n) is 13.3. The molecule has 1 aromatic carbocycles. The zero-order valence-corrected chi connectivity index (χ0v) is 14.1. The Kier molecular flexibility index (Phi) is 8.46. The number of likely N-dealkylation sites (tertiary alicyclic amines) is 1. The van der Waals surface area contributed by atoms with Crippen LogP contribution in [0.4, 0.5) is 0 Å². The first kappa shape index (κ1) is 18.9. The summed E-state index contributed by atoms with van der Waals surface area (Å²) >= 11 is 0. The Bertz CT molecular complexity index is 433. The lowest BCUT2D eigenvalue weighted by Crippen LogP contribution is -2.49. The van der Waals surface area contributed by atoms with Crippen molar-refractivity contribution in [2.45, 2.75) is 51.2 Å². The first-order chi connectivity index (χ1) is 10.2. The van der Waals surface area contributed by atoms with Crippen LogP contribution >= 0.6 is 12.4 Å². The van der Waals surface area contributed by atoms with Gasteiger partial charge in [-0.2, -0.15) is 0 Å². The number of carbonyl (C=O) groups is 1. The molecule has 0 radical (unpaired) electrons. The van der Waals surface area contributed by atoms with E-state index in [9.17, 15) is 4.79 Å². The van der Waals surface area contributed by atoms with E-state index in [-0.39, 0.29) is 30.4 Å². The van der Waals surface area contributed by atoms with Gasteiger partial charge in [0.25, 0.3) is 0 Å². The zero-order chi connectivity index (χ0) is 15.1. The van der Waals surface area contributed by atoms with E-state index in [1.54, 1.807) is 0 Å². The summed E-state index contributed by atoms with van der Waals surface area (Å²) in [5.74, 6) is 0.0124. The fraction of sp³-hybridized carbons (Fsp3) is 0.588. The second-order valence-electron chi connectivity index (χ2n) is 5.94. The summed E-state index contributed by atoms with van der Waals surface area (Å²) in [6.45, 7) is 5.11. The van der Waals surface area contributed by atoms with Gasteiger partial charge in [-0.05, 0) is 24.8 Å². The highest BCUT2D eigenvalue weighted by molar-refractivity contribution is 5.85. The van der Waals surface area contributed by atoms with Crippen molar-refractivity contribution in [1.29, 1.82) is 0 Å². The SMILES string of the molecule is CCCC(N)C(=O)NC1CCN(Cc2ccccc2)CC1.Cl. The summed E-state index contributed by atoms with van der Waals surface area (Å²) in [5, 5.41) is 3.10. The van der Waals surface area contributed by atoms with Gasteiger partial charge in [0.1, 0.15) is 0 Å². The van der Waals surface area contributed by atoms with E-state index in [1.165, 1.54) is 5.56 Å². The molecule has 1 unspecified atom stereocenters. The van der Waals surface area contributed by atoms with Gasteiger partial charge >= 0.3 is 0 Å². The van der Waals surface area contributed by atoms with E-state index < -0.39 is 0 Å². The minimum Gasteiger partial charge on any atom is -0.352 e. The summed E-state index contributed by atoms with van der Waals surface area (Å²) in [6.07, 6.45) is 3.73. The van der Waals surface area contributed by atoms with Gasteiger partial charge in [-0.15, -0.1) is 12.4 Å². The maximum atomic E-state index is 11.9. The molecule has 0 saturated carbocycles. The van der Waals surface area contributed by atoms with E-state index in [2.05, 4.69) is 41.4 Å². The quantitative estimate of drug-likeness (QED) is 0.844. The summed E-state index contributed by atoms with van der Waals surface area (Å²) in [6, 6.07) is 10.5. The molecule has 0 aliphatic carbocycles. The van der Waals surface area contributed by atoms with E-state index >= 15 is 0 Å². The number of piperidine rings is 1. The second-order valence-corrected chi connectivity index (χ2v) is 5.94. The van der Waals surface area contributed by atoms with Crippen molar-refractivity contribution in [3.05, 3.63) is 35.9 Å². The van der Waals surface area contributed by atoms with Crippen LogP contribution in [0.2, 0.25) is 0 Å². The Balaban J connectivity index is 0.00000242. The average Bonchev–Trinajstić information content (AvgIpc) is 2.50. The molecule has 1 atom stereocenters. The third-order valence-electron chi connectivity index (χ3n) is 4.12. The van der Waals surface area contributed by atoms with Gasteiger partial charge in [-0.1, -0.05) is 43.7 Å². The number of hydrogen-bond donors (Lipinski definition) is 2. The standard InChI is InChI=1S/C17H27N3O.ClH/c1-2-6-16(18)17(21)19-15-9-11-20(12-10-15)13-14-7-4-3-5-8-14;/h3-5,7-8,15-16H,2,6,9-13,18H2,1H3,(H,19,21);1H. The van der Waals surface area contributed by atoms with Crippen molar-refractivity contribution >= 4 is 18.3 Å². The molecule has 124 valence electrons.